The van der Waals surface area contributed by atoms with Crippen LogP contribution in [0.15, 0.2) is 30.5 Å². The van der Waals surface area contributed by atoms with Gasteiger partial charge in [0.15, 0.2) is 0 Å². The van der Waals surface area contributed by atoms with Crippen LogP contribution in [-0.4, -0.2) is 73.4 Å². The summed E-state index contributed by atoms with van der Waals surface area (Å²) in [7, 11) is 4.18. The summed E-state index contributed by atoms with van der Waals surface area (Å²) in [5.74, 6) is -1.92. The second-order valence-corrected chi connectivity index (χ2v) is 7.71. The lowest BCUT2D eigenvalue weighted by Gasteiger charge is -2.32. The Morgan fingerprint density at radius 2 is 1.97 bits per heavy atom. The van der Waals surface area contributed by atoms with Crippen molar-refractivity contribution < 1.29 is 32.6 Å². The minimum Gasteiger partial charge on any atom is -0.497 e. The second kappa shape index (κ2) is 9.64. The average molecular weight is 474 g/mol. The van der Waals surface area contributed by atoms with E-state index in [1.807, 2.05) is 0 Å². The van der Waals surface area contributed by atoms with Gasteiger partial charge in [0.1, 0.15) is 23.0 Å². The maximum absolute atomic E-state index is 15.1. The quantitative estimate of drug-likeness (QED) is 0.611. The number of nitrogens with zero attached hydrogens (tertiary/aromatic N) is 3. The Kier molecular flexibility index (Phi) is 6.64. The molecule has 3 aromatic rings. The zero-order valence-electron chi connectivity index (χ0n) is 18.9. The number of methoxy groups -OCH3 is 2. The van der Waals surface area contributed by atoms with Gasteiger partial charge in [0.05, 0.1) is 50.4 Å². The third-order valence-corrected chi connectivity index (χ3v) is 5.69. The molecule has 11 heteroatoms. The molecule has 9 nitrogen and oxygen atoms in total. The van der Waals surface area contributed by atoms with Crippen LogP contribution in [0.5, 0.6) is 5.75 Å². The fourth-order valence-corrected chi connectivity index (χ4v) is 4.03. The van der Waals surface area contributed by atoms with Gasteiger partial charge in [-0.05, 0) is 18.2 Å². The number of hydrogen-bond acceptors (Lipinski definition) is 6. The SMILES string of the molecule is CNC(=O)c1cc(F)c(-c2nc3cc(OC)ccn3c2C[C@H]2CN(C(=O)OC)CCO2)c(F)c1. The molecular formula is C23H24F2N4O5. The van der Waals surface area contributed by atoms with E-state index in [1.165, 1.54) is 26.2 Å². The zero-order valence-corrected chi connectivity index (χ0v) is 18.9. The van der Waals surface area contributed by atoms with Crippen molar-refractivity contribution >= 4 is 17.6 Å². The first-order valence-electron chi connectivity index (χ1n) is 10.6. The molecule has 180 valence electrons. The lowest BCUT2D eigenvalue weighted by molar-refractivity contribution is -0.0241. The summed E-state index contributed by atoms with van der Waals surface area (Å²) in [6, 6.07) is 5.29. The van der Waals surface area contributed by atoms with E-state index in [0.29, 0.717) is 30.2 Å². The summed E-state index contributed by atoms with van der Waals surface area (Å²) < 4.78 is 47.9. The lowest BCUT2D eigenvalue weighted by Crippen LogP contribution is -2.46. The van der Waals surface area contributed by atoms with Crippen LogP contribution in [0.25, 0.3) is 16.9 Å². The van der Waals surface area contributed by atoms with Crippen LogP contribution in [-0.2, 0) is 15.9 Å². The first-order chi connectivity index (χ1) is 16.4. The van der Waals surface area contributed by atoms with Crippen molar-refractivity contribution in [2.24, 2.45) is 0 Å². The van der Waals surface area contributed by atoms with Crippen molar-refractivity contribution in [2.45, 2.75) is 12.5 Å². The number of rotatable bonds is 5. The van der Waals surface area contributed by atoms with Crippen LogP contribution < -0.4 is 10.1 Å². The van der Waals surface area contributed by atoms with E-state index < -0.39 is 29.7 Å². The fraction of sp³-hybridized carbons (Fsp3) is 0.348. The molecule has 4 rings (SSSR count). The van der Waals surface area contributed by atoms with Crippen LogP contribution in [0.1, 0.15) is 16.1 Å². The lowest BCUT2D eigenvalue weighted by atomic mass is 10.0. The molecule has 2 amide bonds. The number of halogens is 2. The van der Waals surface area contributed by atoms with Crippen molar-refractivity contribution in [1.29, 1.82) is 0 Å². The Balaban J connectivity index is 1.80. The van der Waals surface area contributed by atoms with E-state index in [4.69, 9.17) is 14.2 Å². The summed E-state index contributed by atoms with van der Waals surface area (Å²) in [6.45, 7) is 0.921. The molecule has 0 aliphatic carbocycles. The highest BCUT2D eigenvalue weighted by molar-refractivity contribution is 5.94. The number of aromatic nitrogens is 2. The van der Waals surface area contributed by atoms with Crippen molar-refractivity contribution in [2.75, 3.05) is 41.0 Å². The third-order valence-electron chi connectivity index (χ3n) is 5.69. The molecule has 0 bridgehead atoms. The normalized spacial score (nSPS) is 15.9. The van der Waals surface area contributed by atoms with E-state index in [-0.39, 0.29) is 29.8 Å². The number of amides is 2. The summed E-state index contributed by atoms with van der Waals surface area (Å²) in [5, 5.41) is 2.35. The molecule has 0 radical (unpaired) electrons. The molecule has 1 N–H and O–H groups in total. The monoisotopic (exact) mass is 474 g/mol. The van der Waals surface area contributed by atoms with Gasteiger partial charge in [-0.2, -0.15) is 0 Å². The van der Waals surface area contributed by atoms with Gasteiger partial charge in [-0.25, -0.2) is 18.6 Å². The van der Waals surface area contributed by atoms with E-state index in [2.05, 4.69) is 10.3 Å². The summed E-state index contributed by atoms with van der Waals surface area (Å²) in [5.41, 5.74) is 0.480. The highest BCUT2D eigenvalue weighted by atomic mass is 19.1. The van der Waals surface area contributed by atoms with E-state index in [1.54, 1.807) is 22.7 Å². The van der Waals surface area contributed by atoms with Gasteiger partial charge in [-0.1, -0.05) is 0 Å². The smallest absolute Gasteiger partial charge is 0.409 e. The maximum atomic E-state index is 15.1. The molecule has 0 unspecified atom stereocenters. The number of carbonyl (C=O) groups excluding carboxylic acids is 2. The number of fused-ring (bicyclic) bond motifs is 1. The summed E-state index contributed by atoms with van der Waals surface area (Å²) >= 11 is 0. The molecule has 1 saturated heterocycles. The molecule has 1 fully saturated rings. The Morgan fingerprint density at radius 3 is 2.62 bits per heavy atom. The highest BCUT2D eigenvalue weighted by Crippen LogP contribution is 2.32. The van der Waals surface area contributed by atoms with Crippen molar-refractivity contribution in [3.8, 4) is 17.0 Å². The number of pyridine rings is 1. The zero-order chi connectivity index (χ0) is 24.4. The van der Waals surface area contributed by atoms with Gasteiger partial charge in [0.25, 0.3) is 5.91 Å². The van der Waals surface area contributed by atoms with Gasteiger partial charge in [0, 0.05) is 37.8 Å². The number of hydrogen-bond donors (Lipinski definition) is 1. The van der Waals surface area contributed by atoms with Crippen LogP contribution in [0.2, 0.25) is 0 Å². The highest BCUT2D eigenvalue weighted by Gasteiger charge is 2.29. The number of ether oxygens (including phenoxy) is 3. The molecular weight excluding hydrogens is 450 g/mol. The Bertz CT molecular complexity index is 1220. The molecule has 1 atom stereocenters. The number of benzene rings is 1. The Morgan fingerprint density at radius 1 is 1.24 bits per heavy atom. The van der Waals surface area contributed by atoms with Crippen LogP contribution in [0.3, 0.4) is 0 Å². The third kappa shape index (κ3) is 4.38. The molecule has 34 heavy (non-hydrogen) atoms. The maximum Gasteiger partial charge on any atom is 0.409 e. The van der Waals surface area contributed by atoms with Gasteiger partial charge in [-0.15, -0.1) is 0 Å². The Hall–Kier alpha value is -3.73. The van der Waals surface area contributed by atoms with Crippen LogP contribution >= 0.6 is 0 Å². The van der Waals surface area contributed by atoms with Gasteiger partial charge < -0.3 is 28.8 Å². The van der Waals surface area contributed by atoms with Crippen molar-refractivity contribution in [3.05, 3.63) is 53.4 Å². The van der Waals surface area contributed by atoms with Crippen molar-refractivity contribution in [3.63, 3.8) is 0 Å². The molecule has 0 spiro atoms. The number of morpholine rings is 1. The fourth-order valence-electron chi connectivity index (χ4n) is 4.03. The Labute approximate surface area is 194 Å². The number of imidazole rings is 1. The molecule has 1 aliphatic heterocycles. The predicted molar refractivity (Wildman–Crippen MR) is 118 cm³/mol. The van der Waals surface area contributed by atoms with Gasteiger partial charge in [-0.3, -0.25) is 4.79 Å². The molecule has 3 heterocycles. The van der Waals surface area contributed by atoms with Crippen LogP contribution in [0, 0.1) is 11.6 Å². The van der Waals surface area contributed by atoms with Crippen molar-refractivity contribution in [1.82, 2.24) is 19.6 Å². The standard InChI is InChI=1S/C23H24F2N4O5/c1-26-22(30)13-8-16(24)20(17(25)9-13)21-18(29-5-4-14(32-2)11-19(29)27-21)10-15-12-28(6-7-34-15)23(31)33-3/h4-5,8-9,11,15H,6-7,10,12H2,1-3H3,(H,26,30)/t15-/m0/s1. The number of carbonyl (C=O) groups is 2. The molecule has 1 aromatic carbocycles. The summed E-state index contributed by atoms with van der Waals surface area (Å²) in [6.07, 6.45) is 0.977. The van der Waals surface area contributed by atoms with E-state index >= 15 is 8.78 Å². The second-order valence-electron chi connectivity index (χ2n) is 7.71. The molecule has 0 saturated carbocycles. The van der Waals surface area contributed by atoms with Crippen LogP contribution in [0.4, 0.5) is 13.6 Å². The minimum absolute atomic E-state index is 0.0745. The predicted octanol–water partition coefficient (Wildman–Crippen LogP) is 2.66. The largest absolute Gasteiger partial charge is 0.497 e. The summed E-state index contributed by atoms with van der Waals surface area (Å²) in [4.78, 5) is 29.9. The first kappa shape index (κ1) is 23.4. The van der Waals surface area contributed by atoms with Gasteiger partial charge in [0.2, 0.25) is 0 Å². The number of nitrogens with one attached hydrogen (secondary N) is 1. The first-order valence-corrected chi connectivity index (χ1v) is 10.6. The van der Waals surface area contributed by atoms with E-state index in [9.17, 15) is 9.59 Å². The van der Waals surface area contributed by atoms with Gasteiger partial charge >= 0.3 is 6.09 Å². The topological polar surface area (TPSA) is 94.4 Å². The molecule has 1 aliphatic rings. The minimum atomic E-state index is -0.920. The molecule has 2 aromatic heterocycles. The van der Waals surface area contributed by atoms with E-state index in [0.717, 1.165) is 12.1 Å². The average Bonchev–Trinajstić information content (AvgIpc) is 3.19.